The zero-order valence-corrected chi connectivity index (χ0v) is 27.7. The minimum absolute atomic E-state index is 1.15. The summed E-state index contributed by atoms with van der Waals surface area (Å²) in [5.74, 6) is 0. The summed E-state index contributed by atoms with van der Waals surface area (Å²) in [6.07, 6.45) is 0. The Bertz CT molecular complexity index is 3080. The van der Waals surface area contributed by atoms with Crippen molar-refractivity contribution in [1.82, 2.24) is 13.7 Å². The minimum Gasteiger partial charge on any atom is -0.309 e. The summed E-state index contributed by atoms with van der Waals surface area (Å²) in [4.78, 5) is 0. The number of para-hydroxylation sites is 4. The predicted octanol–water partition coefficient (Wildman–Crippen LogP) is 12.6. The highest BCUT2D eigenvalue weighted by atomic mass is 15.0. The van der Waals surface area contributed by atoms with Gasteiger partial charge in [-0.3, -0.25) is 0 Å². The van der Waals surface area contributed by atoms with Crippen molar-refractivity contribution in [1.29, 1.82) is 0 Å². The Morgan fingerprint density at radius 3 is 1.43 bits per heavy atom. The van der Waals surface area contributed by atoms with Crippen molar-refractivity contribution < 1.29 is 0 Å². The number of hydrogen-bond acceptors (Lipinski definition) is 0. The number of fused-ring (bicyclic) bond motifs is 9. The van der Waals surface area contributed by atoms with E-state index in [1.807, 2.05) is 0 Å². The highest BCUT2D eigenvalue weighted by Crippen LogP contribution is 2.41. The molecule has 11 aromatic rings. The molecule has 3 heteroatoms. The molecule has 0 aliphatic carbocycles. The topological polar surface area (TPSA) is 14.8 Å². The Morgan fingerprint density at radius 2 is 0.725 bits per heavy atom. The zero-order valence-electron chi connectivity index (χ0n) is 27.7. The van der Waals surface area contributed by atoms with E-state index in [9.17, 15) is 0 Å². The molecule has 0 aliphatic rings. The largest absolute Gasteiger partial charge is 0.309 e. The van der Waals surface area contributed by atoms with Crippen LogP contribution in [0.4, 0.5) is 0 Å². The molecule has 0 spiro atoms. The molecule has 3 nitrogen and oxygen atoms in total. The average molecular weight is 650 g/mol. The monoisotopic (exact) mass is 649 g/mol. The molecule has 0 atom stereocenters. The lowest BCUT2D eigenvalue weighted by molar-refractivity contribution is 1.16. The lowest BCUT2D eigenvalue weighted by atomic mass is 10.1. The van der Waals surface area contributed by atoms with Gasteiger partial charge in [-0.2, -0.15) is 0 Å². The molecule has 0 radical (unpaired) electrons. The van der Waals surface area contributed by atoms with E-state index in [4.69, 9.17) is 0 Å². The van der Waals surface area contributed by atoms with Gasteiger partial charge in [0.2, 0.25) is 0 Å². The van der Waals surface area contributed by atoms with E-state index in [1.54, 1.807) is 0 Å². The van der Waals surface area contributed by atoms with Gasteiger partial charge in [0.25, 0.3) is 0 Å². The van der Waals surface area contributed by atoms with Crippen LogP contribution in [0.2, 0.25) is 0 Å². The van der Waals surface area contributed by atoms with E-state index in [0.29, 0.717) is 0 Å². The van der Waals surface area contributed by atoms with E-state index in [0.717, 1.165) is 11.4 Å². The lowest BCUT2D eigenvalue weighted by Gasteiger charge is -2.13. The van der Waals surface area contributed by atoms with Crippen LogP contribution in [-0.2, 0) is 0 Å². The molecule has 11 rings (SSSR count). The highest BCUT2D eigenvalue weighted by molar-refractivity contribution is 6.17. The normalized spacial score (nSPS) is 11.9. The van der Waals surface area contributed by atoms with Crippen molar-refractivity contribution in [3.63, 3.8) is 0 Å². The molecule has 0 aliphatic heterocycles. The summed E-state index contributed by atoms with van der Waals surface area (Å²) >= 11 is 0. The maximum Gasteiger partial charge on any atom is 0.0562 e. The molecule has 0 amide bonds. The van der Waals surface area contributed by atoms with Crippen molar-refractivity contribution >= 4 is 65.4 Å². The smallest absolute Gasteiger partial charge is 0.0562 e. The Kier molecular flexibility index (Phi) is 5.96. The van der Waals surface area contributed by atoms with Gasteiger partial charge in [-0.05, 0) is 77.9 Å². The molecule has 51 heavy (non-hydrogen) atoms. The first-order valence-corrected chi connectivity index (χ1v) is 17.5. The zero-order chi connectivity index (χ0) is 33.5. The van der Waals surface area contributed by atoms with E-state index in [2.05, 4.69) is 202 Å². The second-order valence-corrected chi connectivity index (χ2v) is 13.4. The summed E-state index contributed by atoms with van der Waals surface area (Å²) in [5, 5.41) is 7.50. The third kappa shape index (κ3) is 4.06. The van der Waals surface area contributed by atoms with Gasteiger partial charge < -0.3 is 13.7 Å². The van der Waals surface area contributed by atoms with E-state index in [-0.39, 0.29) is 0 Å². The molecule has 0 bridgehead atoms. The van der Waals surface area contributed by atoms with Gasteiger partial charge in [-0.1, -0.05) is 121 Å². The van der Waals surface area contributed by atoms with Crippen molar-refractivity contribution in [3.8, 4) is 28.2 Å². The Balaban J connectivity index is 1.18. The number of nitrogens with zero attached hydrogens (tertiary/aromatic N) is 3. The van der Waals surface area contributed by atoms with Crippen LogP contribution in [0.25, 0.3) is 93.6 Å². The van der Waals surface area contributed by atoms with Crippen LogP contribution in [-0.4, -0.2) is 13.7 Å². The maximum absolute atomic E-state index is 2.47. The fourth-order valence-corrected chi connectivity index (χ4v) is 8.48. The molecular weight excluding hydrogens is 619 g/mol. The summed E-state index contributed by atoms with van der Waals surface area (Å²) in [6.45, 7) is 0. The Morgan fingerprint density at radius 1 is 0.255 bits per heavy atom. The Labute approximate surface area is 294 Å². The third-order valence-electron chi connectivity index (χ3n) is 10.6. The van der Waals surface area contributed by atoms with Crippen molar-refractivity contribution in [3.05, 3.63) is 188 Å². The van der Waals surface area contributed by atoms with Crippen LogP contribution >= 0.6 is 0 Å². The number of aromatic nitrogens is 3. The van der Waals surface area contributed by atoms with Gasteiger partial charge in [0.1, 0.15) is 0 Å². The van der Waals surface area contributed by atoms with Gasteiger partial charge in [-0.15, -0.1) is 0 Å². The predicted molar refractivity (Wildman–Crippen MR) is 215 cm³/mol. The molecule has 3 heterocycles. The molecule has 0 unspecified atom stereocenters. The number of benzene rings is 8. The SMILES string of the molecule is c1ccc(-c2cccc(-n3c4ccccc4c4c(-n5c6ccccc6c6cc(-n7c8ccccc8c8ccccc87)ccc65)cccc43)c2)cc1. The van der Waals surface area contributed by atoms with E-state index < -0.39 is 0 Å². The first-order valence-electron chi connectivity index (χ1n) is 17.5. The number of rotatable bonds is 4. The van der Waals surface area contributed by atoms with Gasteiger partial charge in [-0.25, -0.2) is 0 Å². The van der Waals surface area contributed by atoms with Gasteiger partial charge in [0, 0.05) is 43.7 Å². The first kappa shape index (κ1) is 28.0. The van der Waals surface area contributed by atoms with Gasteiger partial charge in [0.15, 0.2) is 0 Å². The van der Waals surface area contributed by atoms with Crippen molar-refractivity contribution in [2.45, 2.75) is 0 Å². The summed E-state index contributed by atoms with van der Waals surface area (Å²) in [5.41, 5.74) is 13.1. The molecule has 0 saturated heterocycles. The first-order chi connectivity index (χ1) is 25.3. The van der Waals surface area contributed by atoms with Crippen LogP contribution in [0, 0.1) is 0 Å². The summed E-state index contributed by atoms with van der Waals surface area (Å²) < 4.78 is 7.31. The summed E-state index contributed by atoms with van der Waals surface area (Å²) in [6, 6.07) is 68.4. The Hall–Kier alpha value is -6.84. The second kappa shape index (κ2) is 10.8. The van der Waals surface area contributed by atoms with Crippen molar-refractivity contribution in [2.24, 2.45) is 0 Å². The third-order valence-corrected chi connectivity index (χ3v) is 10.6. The van der Waals surface area contributed by atoms with Crippen LogP contribution in [0.3, 0.4) is 0 Å². The minimum atomic E-state index is 1.15. The van der Waals surface area contributed by atoms with Crippen LogP contribution in [0.1, 0.15) is 0 Å². The van der Waals surface area contributed by atoms with Gasteiger partial charge >= 0.3 is 0 Å². The number of hydrogen-bond donors (Lipinski definition) is 0. The van der Waals surface area contributed by atoms with E-state index in [1.165, 1.54) is 82.2 Å². The molecule has 0 saturated carbocycles. The van der Waals surface area contributed by atoms with Crippen molar-refractivity contribution in [2.75, 3.05) is 0 Å². The average Bonchev–Trinajstić information content (AvgIpc) is 3.84. The lowest BCUT2D eigenvalue weighted by Crippen LogP contribution is -1.97. The van der Waals surface area contributed by atoms with E-state index >= 15 is 0 Å². The van der Waals surface area contributed by atoms with Crippen LogP contribution < -0.4 is 0 Å². The highest BCUT2D eigenvalue weighted by Gasteiger charge is 2.20. The molecular formula is C48H31N3. The second-order valence-electron chi connectivity index (χ2n) is 13.4. The molecule has 0 N–H and O–H groups in total. The van der Waals surface area contributed by atoms with Crippen LogP contribution in [0.15, 0.2) is 188 Å². The molecule has 8 aromatic carbocycles. The quantitative estimate of drug-likeness (QED) is 0.180. The molecule has 3 aromatic heterocycles. The van der Waals surface area contributed by atoms with Crippen LogP contribution in [0.5, 0.6) is 0 Å². The fourth-order valence-electron chi connectivity index (χ4n) is 8.48. The van der Waals surface area contributed by atoms with Gasteiger partial charge in [0.05, 0.1) is 38.8 Å². The molecule has 238 valence electrons. The standard InChI is InChI=1S/C48H31N3/c1-2-14-32(15-3-1)33-16-12-17-34(30-33)50-44-25-11-7-21-39(44)48-46(50)26-13-27-47(48)51-43-24-10-6-20-38(43)40-31-35(28-29-45(40)51)49-41-22-8-4-18-36(41)37-19-5-9-23-42(37)49/h1-31H. The summed E-state index contributed by atoms with van der Waals surface area (Å²) in [7, 11) is 0. The molecule has 0 fully saturated rings. The maximum atomic E-state index is 2.47. The fraction of sp³-hybridized carbons (Fsp3) is 0.